The van der Waals surface area contributed by atoms with Crippen LogP contribution in [-0.4, -0.2) is 35.3 Å². The average molecular weight is 240 g/mol. The summed E-state index contributed by atoms with van der Waals surface area (Å²) < 4.78 is 0. The van der Waals surface area contributed by atoms with E-state index in [2.05, 4.69) is 5.32 Å². The van der Waals surface area contributed by atoms with Gasteiger partial charge in [-0.05, 0) is 18.8 Å². The quantitative estimate of drug-likeness (QED) is 0.792. The van der Waals surface area contributed by atoms with Gasteiger partial charge in [-0.15, -0.1) is 0 Å². The molecule has 4 heteroatoms. The zero-order valence-electron chi connectivity index (χ0n) is 11.3. The van der Waals surface area contributed by atoms with Crippen molar-refractivity contribution in [2.24, 2.45) is 5.92 Å². The number of amides is 2. The molecule has 1 N–H and O–H groups in total. The van der Waals surface area contributed by atoms with Gasteiger partial charge in [0.15, 0.2) is 0 Å². The molecule has 2 unspecified atom stereocenters. The van der Waals surface area contributed by atoms with Crippen molar-refractivity contribution in [3.63, 3.8) is 0 Å². The molecule has 0 spiro atoms. The Kier molecular flexibility index (Phi) is 4.97. The molecule has 0 aromatic carbocycles. The predicted octanol–water partition coefficient (Wildman–Crippen LogP) is 1.55. The minimum Gasteiger partial charge on any atom is -0.342 e. The normalized spacial score (nSPS) is 25.4. The van der Waals surface area contributed by atoms with E-state index >= 15 is 0 Å². The van der Waals surface area contributed by atoms with Crippen LogP contribution in [0.15, 0.2) is 0 Å². The van der Waals surface area contributed by atoms with Gasteiger partial charge in [0.2, 0.25) is 11.8 Å². The summed E-state index contributed by atoms with van der Waals surface area (Å²) in [5.74, 6) is 0.256. The molecule has 0 aromatic rings. The molecule has 2 atom stereocenters. The molecule has 1 fully saturated rings. The summed E-state index contributed by atoms with van der Waals surface area (Å²) in [5.41, 5.74) is 0. The maximum Gasteiger partial charge on any atom is 0.245 e. The molecule has 1 aliphatic heterocycles. The second-order valence-electron chi connectivity index (χ2n) is 5.07. The van der Waals surface area contributed by atoms with Crippen molar-refractivity contribution in [1.29, 1.82) is 0 Å². The zero-order valence-corrected chi connectivity index (χ0v) is 11.3. The maximum atomic E-state index is 12.3. The van der Waals surface area contributed by atoms with E-state index in [-0.39, 0.29) is 29.8 Å². The largest absolute Gasteiger partial charge is 0.342 e. The second kappa shape index (κ2) is 6.03. The highest BCUT2D eigenvalue weighted by Crippen LogP contribution is 2.19. The maximum absolute atomic E-state index is 12.3. The first-order valence-electron chi connectivity index (χ1n) is 6.63. The molecule has 4 nitrogen and oxygen atoms in total. The van der Waals surface area contributed by atoms with E-state index in [0.29, 0.717) is 6.54 Å². The molecule has 17 heavy (non-hydrogen) atoms. The van der Waals surface area contributed by atoms with Gasteiger partial charge in [0, 0.05) is 6.54 Å². The van der Waals surface area contributed by atoms with E-state index in [1.54, 1.807) is 4.90 Å². The summed E-state index contributed by atoms with van der Waals surface area (Å²) in [6.45, 7) is 8.71. The Morgan fingerprint density at radius 3 is 2.35 bits per heavy atom. The highest BCUT2D eigenvalue weighted by Gasteiger charge is 2.40. The Labute approximate surface area is 104 Å². The fourth-order valence-corrected chi connectivity index (χ4v) is 2.43. The Morgan fingerprint density at radius 1 is 1.24 bits per heavy atom. The van der Waals surface area contributed by atoms with E-state index in [4.69, 9.17) is 0 Å². The molecule has 0 bridgehead atoms. The fraction of sp³-hybridized carbons (Fsp3) is 0.846. The number of hydrogen-bond acceptors (Lipinski definition) is 2. The van der Waals surface area contributed by atoms with Crippen LogP contribution in [0.3, 0.4) is 0 Å². The predicted molar refractivity (Wildman–Crippen MR) is 67.5 cm³/mol. The number of nitrogens with zero attached hydrogens (tertiary/aromatic N) is 1. The van der Waals surface area contributed by atoms with Crippen LogP contribution in [0.1, 0.15) is 47.0 Å². The summed E-state index contributed by atoms with van der Waals surface area (Å²) in [4.78, 5) is 26.1. The van der Waals surface area contributed by atoms with E-state index in [1.165, 1.54) is 0 Å². The van der Waals surface area contributed by atoms with Gasteiger partial charge in [-0.1, -0.05) is 34.1 Å². The standard InChI is InChI=1S/C13H24N2O2/c1-5-7-10-13(17)15(8-6-2)11(9(3)4)12(16)14-10/h9-11H,5-8H2,1-4H3,(H,14,16). The summed E-state index contributed by atoms with van der Waals surface area (Å²) in [6.07, 6.45) is 2.53. The Bertz CT molecular complexity index is 289. The van der Waals surface area contributed by atoms with Gasteiger partial charge in [0.05, 0.1) is 0 Å². The van der Waals surface area contributed by atoms with Crippen LogP contribution < -0.4 is 5.32 Å². The lowest BCUT2D eigenvalue weighted by Crippen LogP contribution is -2.64. The number of piperazine rings is 1. The van der Waals surface area contributed by atoms with Crippen molar-refractivity contribution >= 4 is 11.8 Å². The minimum absolute atomic E-state index is 0.00602. The van der Waals surface area contributed by atoms with Gasteiger partial charge < -0.3 is 10.2 Å². The number of nitrogens with one attached hydrogen (secondary N) is 1. The van der Waals surface area contributed by atoms with Crippen LogP contribution in [0.4, 0.5) is 0 Å². The molecule has 0 aromatic heterocycles. The molecular weight excluding hydrogens is 216 g/mol. The van der Waals surface area contributed by atoms with E-state index in [9.17, 15) is 9.59 Å². The molecule has 1 aliphatic rings. The topological polar surface area (TPSA) is 49.4 Å². The van der Waals surface area contributed by atoms with Crippen LogP contribution in [0, 0.1) is 5.92 Å². The average Bonchev–Trinajstić information content (AvgIpc) is 2.25. The SMILES string of the molecule is CCCC1NC(=O)C(C(C)C)N(CCC)C1=O. The number of carbonyl (C=O) groups is 2. The van der Waals surface area contributed by atoms with Crippen LogP contribution in [0.5, 0.6) is 0 Å². The highest BCUT2D eigenvalue weighted by molar-refractivity contribution is 5.97. The lowest BCUT2D eigenvalue weighted by atomic mass is 9.95. The van der Waals surface area contributed by atoms with Crippen molar-refractivity contribution in [3.05, 3.63) is 0 Å². The molecule has 0 aliphatic carbocycles. The molecule has 1 rings (SSSR count). The third-order valence-corrected chi connectivity index (χ3v) is 3.18. The lowest BCUT2D eigenvalue weighted by Gasteiger charge is -2.40. The zero-order chi connectivity index (χ0) is 13.0. The van der Waals surface area contributed by atoms with E-state index < -0.39 is 0 Å². The smallest absolute Gasteiger partial charge is 0.245 e. The van der Waals surface area contributed by atoms with Crippen LogP contribution in [0.25, 0.3) is 0 Å². The van der Waals surface area contributed by atoms with Gasteiger partial charge in [0.25, 0.3) is 0 Å². The second-order valence-corrected chi connectivity index (χ2v) is 5.07. The van der Waals surface area contributed by atoms with Gasteiger partial charge in [-0.25, -0.2) is 0 Å². The fourth-order valence-electron chi connectivity index (χ4n) is 2.43. The van der Waals surface area contributed by atoms with Crippen molar-refractivity contribution < 1.29 is 9.59 Å². The van der Waals surface area contributed by atoms with Gasteiger partial charge >= 0.3 is 0 Å². The number of rotatable bonds is 5. The van der Waals surface area contributed by atoms with Crippen molar-refractivity contribution in [2.75, 3.05) is 6.54 Å². The van der Waals surface area contributed by atoms with Crippen molar-refractivity contribution in [3.8, 4) is 0 Å². The molecule has 98 valence electrons. The Hall–Kier alpha value is -1.06. The number of carbonyl (C=O) groups excluding carboxylic acids is 2. The Morgan fingerprint density at radius 2 is 1.88 bits per heavy atom. The van der Waals surface area contributed by atoms with Gasteiger partial charge in [-0.2, -0.15) is 0 Å². The summed E-state index contributed by atoms with van der Waals surface area (Å²) in [5, 5.41) is 2.86. The van der Waals surface area contributed by atoms with Crippen LogP contribution >= 0.6 is 0 Å². The van der Waals surface area contributed by atoms with Crippen molar-refractivity contribution in [2.45, 2.75) is 59.0 Å². The van der Waals surface area contributed by atoms with Gasteiger partial charge in [0.1, 0.15) is 12.1 Å². The first-order valence-corrected chi connectivity index (χ1v) is 6.63. The summed E-state index contributed by atoms with van der Waals surface area (Å²) in [6, 6.07) is -0.607. The monoisotopic (exact) mass is 240 g/mol. The molecule has 1 heterocycles. The summed E-state index contributed by atoms with van der Waals surface area (Å²) >= 11 is 0. The molecule has 2 amide bonds. The molecule has 0 radical (unpaired) electrons. The van der Waals surface area contributed by atoms with E-state index in [1.807, 2.05) is 27.7 Å². The first kappa shape index (κ1) is 14.0. The third kappa shape index (κ3) is 2.99. The molecule has 1 saturated heterocycles. The molecule has 0 saturated carbocycles. The highest BCUT2D eigenvalue weighted by atomic mass is 16.2. The Balaban J connectivity index is 2.88. The first-order chi connectivity index (χ1) is 8.02. The van der Waals surface area contributed by atoms with Crippen LogP contribution in [-0.2, 0) is 9.59 Å². The lowest BCUT2D eigenvalue weighted by molar-refractivity contribution is -0.151. The number of hydrogen-bond donors (Lipinski definition) is 1. The third-order valence-electron chi connectivity index (χ3n) is 3.18. The van der Waals surface area contributed by atoms with Gasteiger partial charge in [-0.3, -0.25) is 9.59 Å². The van der Waals surface area contributed by atoms with Crippen molar-refractivity contribution in [1.82, 2.24) is 10.2 Å². The summed E-state index contributed by atoms with van der Waals surface area (Å²) in [7, 11) is 0. The van der Waals surface area contributed by atoms with E-state index in [0.717, 1.165) is 19.3 Å². The minimum atomic E-state index is -0.311. The van der Waals surface area contributed by atoms with Crippen LogP contribution in [0.2, 0.25) is 0 Å². The molecular formula is C13H24N2O2.